The Bertz CT molecular complexity index is 336. The van der Waals surface area contributed by atoms with Crippen LogP contribution in [-0.2, 0) is 0 Å². The minimum Gasteiger partial charge on any atom is -0.392 e. The van der Waals surface area contributed by atoms with E-state index < -0.39 is 6.10 Å². The second-order valence-electron chi connectivity index (χ2n) is 3.12. The van der Waals surface area contributed by atoms with Crippen molar-refractivity contribution in [3.8, 4) is 0 Å². The molecule has 3 nitrogen and oxygen atoms in total. The van der Waals surface area contributed by atoms with E-state index in [-0.39, 0.29) is 12.5 Å². The lowest BCUT2D eigenvalue weighted by Crippen LogP contribution is -2.30. The predicted molar refractivity (Wildman–Crippen MR) is 58.1 cm³/mol. The summed E-state index contributed by atoms with van der Waals surface area (Å²) in [6.45, 7) is 3.71. The molecule has 78 valence electrons. The quantitative estimate of drug-likeness (QED) is 0.837. The molecule has 1 amide bonds. The molecule has 0 fully saturated rings. The van der Waals surface area contributed by atoms with Crippen molar-refractivity contribution in [1.29, 1.82) is 0 Å². The Balaban J connectivity index is 2.66. The number of amides is 1. The maximum absolute atomic E-state index is 11.5. The van der Waals surface area contributed by atoms with Crippen molar-refractivity contribution in [3.63, 3.8) is 0 Å². The van der Waals surface area contributed by atoms with Gasteiger partial charge in [-0.2, -0.15) is 0 Å². The van der Waals surface area contributed by atoms with Gasteiger partial charge in [-0.15, -0.1) is 11.3 Å². The first kappa shape index (κ1) is 11.5. The highest BCUT2D eigenvalue weighted by molar-refractivity contribution is 7.13. The number of thiophene rings is 1. The first-order valence-electron chi connectivity index (χ1n) is 4.22. The molecule has 0 aliphatic heterocycles. The van der Waals surface area contributed by atoms with E-state index in [4.69, 9.17) is 16.7 Å². The minimum absolute atomic E-state index is 0.228. The zero-order valence-corrected chi connectivity index (χ0v) is 9.58. The number of nitrogens with one attached hydrogen (secondary N) is 1. The van der Waals surface area contributed by atoms with Gasteiger partial charge in [-0.3, -0.25) is 4.79 Å². The summed E-state index contributed by atoms with van der Waals surface area (Å²) < 4.78 is 0. The standard InChI is InChI=1S/C9H12ClNO2S/c1-5-4-14-8(7(5)10)9(13)11-3-6(2)12/h4,6,12H,3H2,1-2H3,(H,11,13)/t6-/m0/s1. The number of carbonyl (C=O) groups excluding carboxylic acids is 1. The average molecular weight is 234 g/mol. The Morgan fingerprint density at radius 1 is 1.79 bits per heavy atom. The number of rotatable bonds is 3. The molecule has 1 aromatic heterocycles. The van der Waals surface area contributed by atoms with Gasteiger partial charge in [-0.1, -0.05) is 11.6 Å². The highest BCUT2D eigenvalue weighted by Crippen LogP contribution is 2.26. The number of aliphatic hydroxyl groups excluding tert-OH is 1. The van der Waals surface area contributed by atoms with E-state index in [0.29, 0.717) is 9.90 Å². The van der Waals surface area contributed by atoms with Crippen LogP contribution in [0, 0.1) is 6.92 Å². The Hall–Kier alpha value is -0.580. The van der Waals surface area contributed by atoms with Gasteiger partial charge in [0.15, 0.2) is 0 Å². The largest absolute Gasteiger partial charge is 0.392 e. The van der Waals surface area contributed by atoms with Crippen molar-refractivity contribution in [2.24, 2.45) is 0 Å². The van der Waals surface area contributed by atoms with Crippen LogP contribution in [0.25, 0.3) is 0 Å². The highest BCUT2D eigenvalue weighted by atomic mass is 35.5. The van der Waals surface area contributed by atoms with Crippen LogP contribution < -0.4 is 5.32 Å². The summed E-state index contributed by atoms with van der Waals surface area (Å²) in [5.74, 6) is -0.228. The third-order valence-corrected chi connectivity index (χ3v) is 3.36. The molecule has 1 aromatic rings. The maximum atomic E-state index is 11.5. The molecule has 0 aliphatic rings. The van der Waals surface area contributed by atoms with Gasteiger partial charge in [0.1, 0.15) is 4.88 Å². The maximum Gasteiger partial charge on any atom is 0.262 e. The lowest BCUT2D eigenvalue weighted by atomic mass is 10.3. The molecule has 0 radical (unpaired) electrons. The molecule has 0 unspecified atom stereocenters. The number of aryl methyl sites for hydroxylation is 1. The molecule has 14 heavy (non-hydrogen) atoms. The summed E-state index contributed by atoms with van der Waals surface area (Å²) >= 11 is 7.22. The molecule has 0 saturated carbocycles. The fraction of sp³-hybridized carbons (Fsp3) is 0.444. The first-order chi connectivity index (χ1) is 6.52. The summed E-state index contributed by atoms with van der Waals surface area (Å²) in [5, 5.41) is 13.9. The number of hydrogen-bond acceptors (Lipinski definition) is 3. The van der Waals surface area contributed by atoms with Gasteiger partial charge in [0, 0.05) is 6.54 Å². The molecule has 0 bridgehead atoms. The fourth-order valence-corrected chi connectivity index (χ4v) is 2.10. The predicted octanol–water partition coefficient (Wildman–Crippen LogP) is 1.82. The van der Waals surface area contributed by atoms with Gasteiger partial charge in [0.05, 0.1) is 11.1 Å². The molecule has 5 heteroatoms. The van der Waals surface area contributed by atoms with Crippen molar-refractivity contribution >= 4 is 28.8 Å². The third-order valence-electron chi connectivity index (χ3n) is 1.66. The van der Waals surface area contributed by atoms with Crippen LogP contribution in [0.4, 0.5) is 0 Å². The van der Waals surface area contributed by atoms with Crippen molar-refractivity contribution in [1.82, 2.24) is 5.32 Å². The Morgan fingerprint density at radius 2 is 2.43 bits per heavy atom. The van der Waals surface area contributed by atoms with Crippen molar-refractivity contribution in [2.75, 3.05) is 6.54 Å². The van der Waals surface area contributed by atoms with E-state index in [1.807, 2.05) is 12.3 Å². The summed E-state index contributed by atoms with van der Waals surface area (Å²) in [6, 6.07) is 0. The molecule has 1 atom stereocenters. The average Bonchev–Trinajstić information content (AvgIpc) is 2.44. The summed E-state index contributed by atoms with van der Waals surface area (Å²) in [6.07, 6.45) is -0.543. The van der Waals surface area contributed by atoms with Crippen LogP contribution in [0.2, 0.25) is 5.02 Å². The smallest absolute Gasteiger partial charge is 0.262 e. The number of carbonyl (C=O) groups is 1. The second kappa shape index (κ2) is 4.77. The molecule has 1 rings (SSSR count). The third kappa shape index (κ3) is 2.70. The summed E-state index contributed by atoms with van der Waals surface area (Å²) in [7, 11) is 0. The summed E-state index contributed by atoms with van der Waals surface area (Å²) in [5.41, 5.74) is 0.902. The molecular weight excluding hydrogens is 222 g/mol. The van der Waals surface area contributed by atoms with Gasteiger partial charge < -0.3 is 10.4 Å². The minimum atomic E-state index is -0.543. The van der Waals surface area contributed by atoms with Crippen molar-refractivity contribution in [3.05, 3.63) is 20.8 Å². The Labute approximate surface area is 91.7 Å². The van der Waals surface area contributed by atoms with Crippen LogP contribution >= 0.6 is 22.9 Å². The molecule has 0 aromatic carbocycles. The van der Waals surface area contributed by atoms with E-state index in [1.165, 1.54) is 11.3 Å². The molecule has 2 N–H and O–H groups in total. The molecular formula is C9H12ClNO2S. The van der Waals surface area contributed by atoms with Crippen LogP contribution in [0.5, 0.6) is 0 Å². The number of halogens is 1. The van der Waals surface area contributed by atoms with E-state index >= 15 is 0 Å². The lowest BCUT2D eigenvalue weighted by Gasteiger charge is -2.05. The first-order valence-corrected chi connectivity index (χ1v) is 5.48. The van der Waals surface area contributed by atoms with Crippen molar-refractivity contribution in [2.45, 2.75) is 20.0 Å². The highest BCUT2D eigenvalue weighted by Gasteiger charge is 2.14. The van der Waals surface area contributed by atoms with Gasteiger partial charge in [-0.25, -0.2) is 0 Å². The Kier molecular flexibility index (Phi) is 3.92. The second-order valence-corrected chi connectivity index (χ2v) is 4.38. The summed E-state index contributed by atoms with van der Waals surface area (Å²) in [4.78, 5) is 12.0. The number of hydrogen-bond donors (Lipinski definition) is 2. The van der Waals surface area contributed by atoms with Gasteiger partial charge in [0.25, 0.3) is 5.91 Å². The normalized spacial score (nSPS) is 12.6. The fourth-order valence-electron chi connectivity index (χ4n) is 0.904. The lowest BCUT2D eigenvalue weighted by molar-refractivity contribution is 0.0928. The molecule has 1 heterocycles. The van der Waals surface area contributed by atoms with Crippen LogP contribution in [0.3, 0.4) is 0 Å². The SMILES string of the molecule is Cc1csc(C(=O)NC[C@H](C)O)c1Cl. The van der Waals surface area contributed by atoms with Gasteiger partial charge in [0.2, 0.25) is 0 Å². The molecule has 0 saturated heterocycles. The monoisotopic (exact) mass is 233 g/mol. The number of aliphatic hydroxyl groups is 1. The topological polar surface area (TPSA) is 49.3 Å². The van der Waals surface area contributed by atoms with Crippen molar-refractivity contribution < 1.29 is 9.90 Å². The van der Waals surface area contributed by atoms with E-state index in [2.05, 4.69) is 5.32 Å². The van der Waals surface area contributed by atoms with Crippen LogP contribution in [-0.4, -0.2) is 23.7 Å². The van der Waals surface area contributed by atoms with E-state index in [0.717, 1.165) is 5.56 Å². The van der Waals surface area contributed by atoms with Crippen LogP contribution in [0.15, 0.2) is 5.38 Å². The van der Waals surface area contributed by atoms with Gasteiger partial charge in [-0.05, 0) is 24.8 Å². The zero-order chi connectivity index (χ0) is 10.7. The van der Waals surface area contributed by atoms with E-state index in [1.54, 1.807) is 6.92 Å². The van der Waals surface area contributed by atoms with E-state index in [9.17, 15) is 4.79 Å². The van der Waals surface area contributed by atoms with Gasteiger partial charge >= 0.3 is 0 Å². The Morgan fingerprint density at radius 3 is 2.86 bits per heavy atom. The molecule has 0 aliphatic carbocycles. The zero-order valence-electron chi connectivity index (χ0n) is 8.00. The molecule has 0 spiro atoms. The van der Waals surface area contributed by atoms with Crippen LogP contribution in [0.1, 0.15) is 22.2 Å².